The van der Waals surface area contributed by atoms with E-state index in [4.69, 9.17) is 6.92 Å². The zero-order valence-corrected chi connectivity index (χ0v) is 2.71. The van der Waals surface area contributed by atoms with Crippen molar-refractivity contribution >= 4 is 0 Å². The summed E-state index contributed by atoms with van der Waals surface area (Å²) in [5.74, 6) is 0. The van der Waals surface area contributed by atoms with Crippen LogP contribution in [0.3, 0.4) is 0 Å². The van der Waals surface area contributed by atoms with Gasteiger partial charge in [-0.3, -0.25) is 0 Å². The minimum atomic E-state index is 0.417. The first-order valence-corrected chi connectivity index (χ1v) is 1.10. The van der Waals surface area contributed by atoms with Gasteiger partial charge < -0.3 is 0 Å². The summed E-state index contributed by atoms with van der Waals surface area (Å²) in [6, 6.07) is 0. The smallest absolute Gasteiger partial charge is 0.0241 e. The van der Waals surface area contributed by atoms with Crippen LogP contribution in [-0.4, -0.2) is 0 Å². The standard InChI is InChI=1S/C4H5/c1-4(2)3/h1H2,2H3. The van der Waals surface area contributed by atoms with Gasteiger partial charge in [-0.25, -0.2) is 0 Å². The third-order valence-corrected chi connectivity index (χ3v) is 0. The zero-order chi connectivity index (χ0) is 3.58. The van der Waals surface area contributed by atoms with E-state index in [1.807, 2.05) is 0 Å². The van der Waals surface area contributed by atoms with Crippen molar-refractivity contribution in [1.82, 2.24) is 0 Å². The second kappa shape index (κ2) is 1.10. The van der Waals surface area contributed by atoms with E-state index in [1.54, 1.807) is 6.92 Å². The average molecular weight is 53.1 g/mol. The molecule has 0 unspecified atom stereocenters. The minimum Gasteiger partial charge on any atom is -0.0995 e. The van der Waals surface area contributed by atoms with Crippen LogP contribution in [0.5, 0.6) is 0 Å². The predicted molar refractivity (Wildman–Crippen MR) is 18.1 cm³/mol. The normalized spacial score (nSPS) is 6.50. The monoisotopic (exact) mass is 53.0 g/mol. The van der Waals surface area contributed by atoms with Gasteiger partial charge in [0.2, 0.25) is 0 Å². The molecule has 0 aliphatic rings. The van der Waals surface area contributed by atoms with Crippen LogP contribution in [0.4, 0.5) is 0 Å². The second-order valence-electron chi connectivity index (χ2n) is 0.780. The molecule has 0 amide bonds. The maximum absolute atomic E-state index is 6.39. The number of rotatable bonds is 0. The lowest BCUT2D eigenvalue weighted by Gasteiger charge is -1.63. The Labute approximate surface area is 27.1 Å². The molecule has 0 bridgehead atoms. The first-order valence-electron chi connectivity index (χ1n) is 1.10. The molecule has 0 nitrogen and oxygen atoms in total. The maximum Gasteiger partial charge on any atom is 0.0241 e. The Morgan fingerprint density at radius 3 is 2.00 bits per heavy atom. The Morgan fingerprint density at radius 2 is 2.00 bits per heavy atom. The van der Waals surface area contributed by atoms with Crippen LogP contribution < -0.4 is 0 Å². The molecule has 0 aromatic carbocycles. The summed E-state index contributed by atoms with van der Waals surface area (Å²) in [5, 5.41) is 0. The van der Waals surface area contributed by atoms with E-state index in [2.05, 4.69) is 6.58 Å². The van der Waals surface area contributed by atoms with Gasteiger partial charge >= 0.3 is 0 Å². The van der Waals surface area contributed by atoms with E-state index in [-0.39, 0.29) is 0 Å². The summed E-state index contributed by atoms with van der Waals surface area (Å²) in [4.78, 5) is 0. The van der Waals surface area contributed by atoms with Gasteiger partial charge in [0.05, 0.1) is 0 Å². The largest absolute Gasteiger partial charge is 0.0995 e. The van der Waals surface area contributed by atoms with Gasteiger partial charge in [0.15, 0.2) is 0 Å². The van der Waals surface area contributed by atoms with Gasteiger partial charge in [0.1, 0.15) is 0 Å². The molecular formula is C4H5. The van der Waals surface area contributed by atoms with Crippen molar-refractivity contribution in [2.45, 2.75) is 6.92 Å². The molecule has 0 fully saturated rings. The molecule has 0 spiro atoms. The molecule has 3 radical (unpaired) electrons. The molecule has 0 N–H and O–H groups in total. The van der Waals surface area contributed by atoms with Gasteiger partial charge in [0, 0.05) is 6.92 Å². The van der Waals surface area contributed by atoms with Gasteiger partial charge in [-0.2, -0.15) is 0 Å². The van der Waals surface area contributed by atoms with Crippen molar-refractivity contribution in [3.05, 3.63) is 19.1 Å². The third-order valence-electron chi connectivity index (χ3n) is 0. The Balaban J connectivity index is 2.80. The zero-order valence-electron chi connectivity index (χ0n) is 2.71. The highest BCUT2D eigenvalue weighted by Gasteiger charge is 1.53. The van der Waals surface area contributed by atoms with Crippen molar-refractivity contribution in [3.8, 4) is 0 Å². The van der Waals surface area contributed by atoms with Gasteiger partial charge in [-0.05, 0) is 6.92 Å². The molecule has 0 heteroatoms. The number of hydrogen-bond acceptors (Lipinski definition) is 0. The highest BCUT2D eigenvalue weighted by molar-refractivity contribution is 4.90. The maximum atomic E-state index is 6.39. The van der Waals surface area contributed by atoms with E-state index in [9.17, 15) is 0 Å². The van der Waals surface area contributed by atoms with Gasteiger partial charge in [0.25, 0.3) is 0 Å². The molecule has 0 atom stereocenters. The first-order chi connectivity index (χ1) is 1.73. The van der Waals surface area contributed by atoms with Crippen molar-refractivity contribution in [1.29, 1.82) is 0 Å². The topological polar surface area (TPSA) is 0 Å². The lowest BCUT2D eigenvalue weighted by molar-refractivity contribution is 1.58. The van der Waals surface area contributed by atoms with Crippen molar-refractivity contribution < 1.29 is 0 Å². The van der Waals surface area contributed by atoms with Crippen LogP contribution in [0.15, 0.2) is 12.2 Å². The number of hydrogen-bond donors (Lipinski definition) is 0. The molecule has 0 aromatic heterocycles. The fraction of sp³-hybridized carbons (Fsp3) is 0.250. The van der Waals surface area contributed by atoms with Crippen LogP contribution in [0.2, 0.25) is 0 Å². The highest BCUT2D eigenvalue weighted by atomic mass is 13.6. The quantitative estimate of drug-likeness (QED) is 0.388. The molecule has 0 rings (SSSR count). The highest BCUT2D eigenvalue weighted by Crippen LogP contribution is 1.72. The Bertz CT molecular complexity index is 23.0. The van der Waals surface area contributed by atoms with Gasteiger partial charge in [-0.15, -0.1) is 0 Å². The van der Waals surface area contributed by atoms with Crippen molar-refractivity contribution in [2.75, 3.05) is 0 Å². The molecule has 0 saturated carbocycles. The molecule has 0 aliphatic carbocycles. The Hall–Kier alpha value is -0.260. The molecular weight excluding hydrogens is 48.0 g/mol. The van der Waals surface area contributed by atoms with Gasteiger partial charge in [-0.1, -0.05) is 12.2 Å². The molecule has 0 aliphatic heterocycles. The Kier molecular flexibility index (Phi) is 1.03. The SMILES string of the molecule is [C]C(=C)C. The van der Waals surface area contributed by atoms with E-state index in [1.165, 1.54) is 0 Å². The van der Waals surface area contributed by atoms with Crippen molar-refractivity contribution in [3.63, 3.8) is 0 Å². The summed E-state index contributed by atoms with van der Waals surface area (Å²) in [5.41, 5.74) is 0.417. The third kappa shape index (κ3) is 14.1. The van der Waals surface area contributed by atoms with Crippen LogP contribution in [0, 0.1) is 6.92 Å². The lowest BCUT2D eigenvalue weighted by Crippen LogP contribution is -1.44. The predicted octanol–water partition coefficient (Wildman–Crippen LogP) is 1.15. The fourth-order valence-corrected chi connectivity index (χ4v) is 0. The summed E-state index contributed by atoms with van der Waals surface area (Å²) >= 11 is 0. The van der Waals surface area contributed by atoms with Crippen LogP contribution >= 0.6 is 0 Å². The average Bonchev–Trinajstić information content (AvgIpc) is 0.811. The summed E-state index contributed by atoms with van der Waals surface area (Å²) in [7, 11) is 0. The molecule has 21 valence electrons. The summed E-state index contributed by atoms with van der Waals surface area (Å²) in [6.45, 7) is 11.2. The first kappa shape index (κ1) is 3.74. The van der Waals surface area contributed by atoms with E-state index in [0.29, 0.717) is 5.57 Å². The molecule has 4 heavy (non-hydrogen) atoms. The summed E-state index contributed by atoms with van der Waals surface area (Å²) in [6.07, 6.45) is 0. The van der Waals surface area contributed by atoms with E-state index < -0.39 is 0 Å². The van der Waals surface area contributed by atoms with Crippen LogP contribution in [0.1, 0.15) is 6.92 Å². The molecule has 0 aromatic rings. The van der Waals surface area contributed by atoms with Crippen LogP contribution in [-0.2, 0) is 0 Å². The Morgan fingerprint density at radius 1 is 2.00 bits per heavy atom. The number of allylic oxidation sites excluding steroid dienone is 1. The fourth-order valence-electron chi connectivity index (χ4n) is 0. The molecule has 0 heterocycles. The van der Waals surface area contributed by atoms with E-state index >= 15 is 0 Å². The summed E-state index contributed by atoms with van der Waals surface area (Å²) < 4.78 is 0. The van der Waals surface area contributed by atoms with Crippen molar-refractivity contribution in [2.24, 2.45) is 0 Å². The minimum absolute atomic E-state index is 0.417. The molecule has 0 saturated heterocycles. The van der Waals surface area contributed by atoms with E-state index in [0.717, 1.165) is 0 Å². The van der Waals surface area contributed by atoms with Crippen LogP contribution in [0.25, 0.3) is 0 Å². The second-order valence-corrected chi connectivity index (χ2v) is 0.780. The lowest BCUT2D eigenvalue weighted by atomic mass is 10.4.